The Bertz CT molecular complexity index is 966. The third kappa shape index (κ3) is 4.49. The molecule has 1 N–H and O–H groups in total. The van der Waals surface area contributed by atoms with Crippen molar-refractivity contribution in [1.29, 1.82) is 0 Å². The molecule has 29 heavy (non-hydrogen) atoms. The molecule has 2 aromatic rings. The molecule has 0 aromatic heterocycles. The van der Waals surface area contributed by atoms with Gasteiger partial charge in [-0.2, -0.15) is 0 Å². The van der Waals surface area contributed by atoms with Gasteiger partial charge in [-0.15, -0.1) is 0 Å². The van der Waals surface area contributed by atoms with Gasteiger partial charge in [-0.3, -0.25) is 9.62 Å². The molecule has 156 valence electrons. The first kappa shape index (κ1) is 20.4. The number of benzene rings is 2. The molecule has 2 aliphatic rings. The molecule has 2 aliphatic heterocycles. The number of nitrogens with zero attached hydrogens (tertiary/aromatic N) is 2. The first-order valence-corrected chi connectivity index (χ1v) is 12.3. The minimum atomic E-state index is -3.24. The zero-order valence-electron chi connectivity index (χ0n) is 17.4. The zero-order chi connectivity index (χ0) is 20.5. The van der Waals surface area contributed by atoms with Crippen LogP contribution < -0.4 is 4.72 Å². The molecule has 0 bridgehead atoms. The highest BCUT2D eigenvalue weighted by molar-refractivity contribution is 7.92. The second-order valence-electron chi connectivity index (χ2n) is 8.53. The summed E-state index contributed by atoms with van der Waals surface area (Å²) in [5.41, 5.74) is 5.05. The van der Waals surface area contributed by atoms with Crippen LogP contribution in [0.2, 0.25) is 0 Å². The predicted octanol–water partition coefficient (Wildman–Crippen LogP) is 3.08. The van der Waals surface area contributed by atoms with Gasteiger partial charge in [0.05, 0.1) is 6.26 Å². The average molecular weight is 414 g/mol. The molecular formula is C23H31N3O2S. The summed E-state index contributed by atoms with van der Waals surface area (Å²) < 4.78 is 25.5. The summed E-state index contributed by atoms with van der Waals surface area (Å²) in [6.45, 7) is 4.33. The summed E-state index contributed by atoms with van der Waals surface area (Å²) in [5.74, 6) is 0. The lowest BCUT2D eigenvalue weighted by Gasteiger charge is -2.51. The van der Waals surface area contributed by atoms with Crippen molar-refractivity contribution in [2.75, 3.05) is 44.2 Å². The molecule has 0 aliphatic carbocycles. The SMILES string of the molecule is CN1CCc2ccccc2C12CCN(CCc1cccc(NS(C)(=O)=O)c1)CC2. The zero-order valence-corrected chi connectivity index (χ0v) is 18.2. The fourth-order valence-electron chi connectivity index (χ4n) is 4.99. The van der Waals surface area contributed by atoms with E-state index < -0.39 is 10.0 Å². The Morgan fingerprint density at radius 1 is 1.03 bits per heavy atom. The largest absolute Gasteiger partial charge is 0.303 e. The van der Waals surface area contributed by atoms with Crippen LogP contribution in [0.15, 0.2) is 48.5 Å². The van der Waals surface area contributed by atoms with Crippen LogP contribution in [0.25, 0.3) is 0 Å². The normalized spacial score (nSPS) is 19.8. The molecule has 2 aromatic carbocycles. The van der Waals surface area contributed by atoms with Crippen LogP contribution in [-0.4, -0.2) is 57.7 Å². The Morgan fingerprint density at radius 2 is 1.79 bits per heavy atom. The fourth-order valence-corrected chi connectivity index (χ4v) is 5.54. The number of rotatable bonds is 5. The van der Waals surface area contributed by atoms with Gasteiger partial charge in [-0.05, 0) is 61.6 Å². The first-order chi connectivity index (χ1) is 13.9. The molecule has 6 heteroatoms. The molecule has 1 saturated heterocycles. The van der Waals surface area contributed by atoms with Crippen molar-refractivity contribution in [3.63, 3.8) is 0 Å². The molecule has 4 rings (SSSR count). The minimum Gasteiger partial charge on any atom is -0.303 e. The number of nitrogens with one attached hydrogen (secondary N) is 1. The number of hydrogen-bond acceptors (Lipinski definition) is 4. The highest BCUT2D eigenvalue weighted by atomic mass is 32.2. The van der Waals surface area contributed by atoms with E-state index >= 15 is 0 Å². The van der Waals surface area contributed by atoms with Gasteiger partial charge in [0.1, 0.15) is 0 Å². The number of anilines is 1. The monoisotopic (exact) mass is 413 g/mol. The molecule has 1 spiro atoms. The molecule has 2 heterocycles. The summed E-state index contributed by atoms with van der Waals surface area (Å²) in [4.78, 5) is 5.12. The molecule has 0 amide bonds. The number of likely N-dealkylation sites (N-methyl/N-ethyl adjacent to an activating group) is 1. The highest BCUT2D eigenvalue weighted by Crippen LogP contribution is 2.42. The fraction of sp³-hybridized carbons (Fsp3) is 0.478. The lowest BCUT2D eigenvalue weighted by atomic mass is 9.74. The van der Waals surface area contributed by atoms with Gasteiger partial charge >= 0.3 is 0 Å². The van der Waals surface area contributed by atoms with Crippen molar-refractivity contribution < 1.29 is 8.42 Å². The standard InChI is InChI=1S/C23H31N3O2S/c1-25-14-11-20-7-3-4-9-22(20)23(25)12-16-26(17-13-23)15-10-19-6-5-8-21(18-19)24-29(2,27)28/h3-9,18,24H,10-17H2,1-2H3. The van der Waals surface area contributed by atoms with Gasteiger partial charge in [0.25, 0.3) is 0 Å². The number of likely N-dealkylation sites (tertiary alicyclic amines) is 1. The van der Waals surface area contributed by atoms with Gasteiger partial charge < -0.3 is 4.90 Å². The third-order valence-electron chi connectivity index (χ3n) is 6.60. The van der Waals surface area contributed by atoms with Gasteiger partial charge in [0, 0.05) is 37.4 Å². The number of hydrogen-bond donors (Lipinski definition) is 1. The smallest absolute Gasteiger partial charge is 0.229 e. The maximum atomic E-state index is 11.5. The Hall–Kier alpha value is -1.89. The molecule has 5 nitrogen and oxygen atoms in total. The van der Waals surface area contributed by atoms with E-state index in [1.165, 1.54) is 22.9 Å². The maximum Gasteiger partial charge on any atom is 0.229 e. The van der Waals surface area contributed by atoms with Gasteiger partial charge in [0.2, 0.25) is 10.0 Å². The van der Waals surface area contributed by atoms with Crippen molar-refractivity contribution in [3.8, 4) is 0 Å². The molecule has 0 unspecified atom stereocenters. The van der Waals surface area contributed by atoms with E-state index in [0.717, 1.165) is 51.9 Å². The Morgan fingerprint density at radius 3 is 2.55 bits per heavy atom. The maximum absolute atomic E-state index is 11.5. The van der Waals surface area contributed by atoms with Gasteiger partial charge in [-0.25, -0.2) is 8.42 Å². The third-order valence-corrected chi connectivity index (χ3v) is 7.20. The Balaban J connectivity index is 1.38. The molecule has 0 saturated carbocycles. The van der Waals surface area contributed by atoms with Crippen LogP contribution in [0, 0.1) is 0 Å². The van der Waals surface area contributed by atoms with Crippen molar-refractivity contribution in [1.82, 2.24) is 9.80 Å². The van der Waals surface area contributed by atoms with E-state index in [-0.39, 0.29) is 5.54 Å². The topological polar surface area (TPSA) is 52.6 Å². The quantitative estimate of drug-likeness (QED) is 0.819. The van der Waals surface area contributed by atoms with Crippen molar-refractivity contribution in [3.05, 3.63) is 65.2 Å². The van der Waals surface area contributed by atoms with Crippen LogP contribution >= 0.6 is 0 Å². The second kappa shape index (κ2) is 8.09. The van der Waals surface area contributed by atoms with E-state index in [1.807, 2.05) is 12.1 Å². The van der Waals surface area contributed by atoms with E-state index in [0.29, 0.717) is 5.69 Å². The van der Waals surface area contributed by atoms with Crippen LogP contribution in [0.3, 0.4) is 0 Å². The van der Waals surface area contributed by atoms with Crippen molar-refractivity contribution in [2.24, 2.45) is 0 Å². The van der Waals surface area contributed by atoms with Crippen LogP contribution in [0.1, 0.15) is 29.5 Å². The first-order valence-electron chi connectivity index (χ1n) is 10.4. The van der Waals surface area contributed by atoms with Gasteiger partial charge in [0.15, 0.2) is 0 Å². The summed E-state index contributed by atoms with van der Waals surface area (Å²) in [6.07, 6.45) is 5.59. The number of sulfonamides is 1. The van der Waals surface area contributed by atoms with E-state index in [2.05, 4.69) is 51.9 Å². The van der Waals surface area contributed by atoms with Crippen LogP contribution in [0.5, 0.6) is 0 Å². The predicted molar refractivity (Wildman–Crippen MR) is 119 cm³/mol. The highest BCUT2D eigenvalue weighted by Gasteiger charge is 2.42. The Labute approximate surface area is 174 Å². The summed E-state index contributed by atoms with van der Waals surface area (Å²) >= 11 is 0. The number of piperidine rings is 1. The lowest BCUT2D eigenvalue weighted by molar-refractivity contribution is 0.0284. The Kier molecular flexibility index (Phi) is 5.69. The lowest BCUT2D eigenvalue weighted by Crippen LogP contribution is -2.54. The van der Waals surface area contributed by atoms with E-state index in [1.54, 1.807) is 6.07 Å². The summed E-state index contributed by atoms with van der Waals surface area (Å²) in [6, 6.07) is 16.7. The molecule has 0 radical (unpaired) electrons. The number of fused-ring (bicyclic) bond motifs is 2. The minimum absolute atomic E-state index is 0.185. The molecule has 1 fully saturated rings. The van der Waals surface area contributed by atoms with Crippen molar-refractivity contribution in [2.45, 2.75) is 31.2 Å². The second-order valence-corrected chi connectivity index (χ2v) is 10.3. The van der Waals surface area contributed by atoms with Gasteiger partial charge in [-0.1, -0.05) is 36.4 Å². The van der Waals surface area contributed by atoms with Crippen molar-refractivity contribution >= 4 is 15.7 Å². The summed E-state index contributed by atoms with van der Waals surface area (Å²) in [5, 5.41) is 0. The van der Waals surface area contributed by atoms with E-state index in [9.17, 15) is 8.42 Å². The van der Waals surface area contributed by atoms with Crippen LogP contribution in [0.4, 0.5) is 5.69 Å². The summed E-state index contributed by atoms with van der Waals surface area (Å²) in [7, 11) is -0.956. The molecular weight excluding hydrogens is 382 g/mol. The van der Waals surface area contributed by atoms with E-state index in [4.69, 9.17) is 0 Å². The average Bonchev–Trinajstić information content (AvgIpc) is 2.70. The van der Waals surface area contributed by atoms with Crippen LogP contribution in [-0.2, 0) is 28.4 Å². The molecule has 0 atom stereocenters.